The summed E-state index contributed by atoms with van der Waals surface area (Å²) < 4.78 is 0. The molecule has 2 aliphatic rings. The van der Waals surface area contributed by atoms with Crippen LogP contribution >= 0.6 is 0 Å². The highest BCUT2D eigenvalue weighted by atomic mass is 15.1. The SMILES string of the molecule is CCN(CCCN(C)C)CCNC(C1CC1)C1CC1. The molecule has 0 bridgehead atoms. The quantitative estimate of drug-likeness (QED) is 0.618. The summed E-state index contributed by atoms with van der Waals surface area (Å²) in [4.78, 5) is 4.87. The van der Waals surface area contributed by atoms with Crippen LogP contribution in [0.15, 0.2) is 0 Å². The molecule has 112 valence electrons. The molecule has 3 heteroatoms. The van der Waals surface area contributed by atoms with Gasteiger partial charge in [0.15, 0.2) is 0 Å². The largest absolute Gasteiger partial charge is 0.312 e. The highest BCUT2D eigenvalue weighted by Crippen LogP contribution is 2.44. The van der Waals surface area contributed by atoms with Gasteiger partial charge in [0.1, 0.15) is 0 Å². The molecule has 2 fully saturated rings. The predicted octanol–water partition coefficient (Wildman–Crippen LogP) is 2.04. The van der Waals surface area contributed by atoms with Crippen LogP contribution in [0.5, 0.6) is 0 Å². The lowest BCUT2D eigenvalue weighted by Gasteiger charge is -2.24. The molecule has 0 saturated heterocycles. The van der Waals surface area contributed by atoms with E-state index in [4.69, 9.17) is 0 Å². The molecule has 0 aromatic carbocycles. The van der Waals surface area contributed by atoms with E-state index in [2.05, 4.69) is 36.1 Å². The predicted molar refractivity (Wildman–Crippen MR) is 82.5 cm³/mol. The summed E-state index contributed by atoms with van der Waals surface area (Å²) in [5.74, 6) is 2.05. The summed E-state index contributed by atoms with van der Waals surface area (Å²) in [5.41, 5.74) is 0. The molecule has 19 heavy (non-hydrogen) atoms. The number of likely N-dealkylation sites (N-methyl/N-ethyl adjacent to an activating group) is 1. The average Bonchev–Trinajstić information content (AvgIpc) is 3.25. The van der Waals surface area contributed by atoms with Gasteiger partial charge in [0.25, 0.3) is 0 Å². The van der Waals surface area contributed by atoms with Crippen molar-refractivity contribution in [3.63, 3.8) is 0 Å². The Kier molecular flexibility index (Phi) is 6.11. The van der Waals surface area contributed by atoms with Crippen LogP contribution in [-0.2, 0) is 0 Å². The van der Waals surface area contributed by atoms with Crippen LogP contribution < -0.4 is 5.32 Å². The molecule has 0 aromatic heterocycles. The Bertz CT molecular complexity index is 234. The zero-order chi connectivity index (χ0) is 13.7. The number of hydrogen-bond acceptors (Lipinski definition) is 3. The van der Waals surface area contributed by atoms with E-state index in [9.17, 15) is 0 Å². The topological polar surface area (TPSA) is 18.5 Å². The average molecular weight is 267 g/mol. The molecule has 2 rings (SSSR count). The third kappa shape index (κ3) is 5.80. The summed E-state index contributed by atoms with van der Waals surface area (Å²) in [5, 5.41) is 3.86. The molecule has 0 atom stereocenters. The zero-order valence-corrected chi connectivity index (χ0v) is 13.2. The van der Waals surface area contributed by atoms with Gasteiger partial charge in [-0.1, -0.05) is 6.92 Å². The van der Waals surface area contributed by atoms with Crippen LogP contribution in [0.25, 0.3) is 0 Å². The lowest BCUT2D eigenvalue weighted by Crippen LogP contribution is -2.40. The molecular weight excluding hydrogens is 234 g/mol. The maximum absolute atomic E-state index is 3.86. The Morgan fingerprint density at radius 1 is 1.00 bits per heavy atom. The molecule has 2 saturated carbocycles. The fourth-order valence-corrected chi connectivity index (χ4v) is 3.06. The van der Waals surface area contributed by atoms with Gasteiger partial charge in [0, 0.05) is 19.1 Å². The monoisotopic (exact) mass is 267 g/mol. The van der Waals surface area contributed by atoms with Crippen molar-refractivity contribution in [3.05, 3.63) is 0 Å². The van der Waals surface area contributed by atoms with Gasteiger partial charge in [-0.3, -0.25) is 0 Å². The van der Waals surface area contributed by atoms with E-state index in [1.54, 1.807) is 0 Å². The van der Waals surface area contributed by atoms with Crippen LogP contribution in [0, 0.1) is 11.8 Å². The van der Waals surface area contributed by atoms with E-state index in [0.717, 1.165) is 17.9 Å². The van der Waals surface area contributed by atoms with Crippen LogP contribution in [-0.4, -0.2) is 62.7 Å². The molecule has 0 aromatic rings. The number of nitrogens with one attached hydrogen (secondary N) is 1. The van der Waals surface area contributed by atoms with E-state index in [1.165, 1.54) is 64.8 Å². The van der Waals surface area contributed by atoms with Gasteiger partial charge in [0.05, 0.1) is 0 Å². The summed E-state index contributed by atoms with van der Waals surface area (Å²) >= 11 is 0. The van der Waals surface area contributed by atoms with Crippen molar-refractivity contribution < 1.29 is 0 Å². The van der Waals surface area contributed by atoms with Gasteiger partial charge >= 0.3 is 0 Å². The second kappa shape index (κ2) is 7.61. The third-order valence-corrected chi connectivity index (χ3v) is 4.59. The molecule has 0 radical (unpaired) electrons. The van der Waals surface area contributed by atoms with E-state index in [0.29, 0.717) is 0 Å². The van der Waals surface area contributed by atoms with Crippen molar-refractivity contribution in [1.82, 2.24) is 15.1 Å². The standard InChI is InChI=1S/C16H33N3/c1-4-19(12-5-11-18(2)3)13-10-17-16(14-6-7-14)15-8-9-15/h14-17H,4-13H2,1-3H3. The van der Waals surface area contributed by atoms with Crippen molar-refractivity contribution in [3.8, 4) is 0 Å². The summed E-state index contributed by atoms with van der Waals surface area (Å²) in [6, 6.07) is 0.862. The first-order chi connectivity index (χ1) is 9.20. The maximum Gasteiger partial charge on any atom is 0.0124 e. The molecule has 1 N–H and O–H groups in total. The Morgan fingerprint density at radius 3 is 2.11 bits per heavy atom. The van der Waals surface area contributed by atoms with Gasteiger partial charge in [0.2, 0.25) is 0 Å². The van der Waals surface area contributed by atoms with Crippen LogP contribution in [0.3, 0.4) is 0 Å². The lowest BCUT2D eigenvalue weighted by molar-refractivity contribution is 0.258. The molecule has 0 amide bonds. The van der Waals surface area contributed by atoms with Gasteiger partial charge in [-0.2, -0.15) is 0 Å². The van der Waals surface area contributed by atoms with Crippen molar-refractivity contribution in [1.29, 1.82) is 0 Å². The molecule has 0 aliphatic heterocycles. The van der Waals surface area contributed by atoms with Gasteiger partial charge < -0.3 is 15.1 Å². The minimum absolute atomic E-state index is 0.862. The summed E-state index contributed by atoms with van der Waals surface area (Å²) in [7, 11) is 4.32. The molecular formula is C16H33N3. The van der Waals surface area contributed by atoms with Crippen molar-refractivity contribution in [2.24, 2.45) is 11.8 Å². The van der Waals surface area contributed by atoms with E-state index >= 15 is 0 Å². The normalized spacial score (nSPS) is 19.9. The van der Waals surface area contributed by atoms with Crippen LogP contribution in [0.1, 0.15) is 39.0 Å². The minimum atomic E-state index is 0.862. The fourth-order valence-electron chi connectivity index (χ4n) is 3.06. The van der Waals surface area contributed by atoms with Crippen LogP contribution in [0.4, 0.5) is 0 Å². The lowest BCUT2D eigenvalue weighted by atomic mass is 10.1. The fraction of sp³-hybridized carbons (Fsp3) is 1.00. The first-order valence-corrected chi connectivity index (χ1v) is 8.31. The molecule has 0 unspecified atom stereocenters. The Morgan fingerprint density at radius 2 is 1.63 bits per heavy atom. The second-order valence-electron chi connectivity index (χ2n) is 6.75. The molecule has 2 aliphatic carbocycles. The Labute approximate surface area is 119 Å². The zero-order valence-electron chi connectivity index (χ0n) is 13.2. The summed E-state index contributed by atoms with van der Waals surface area (Å²) in [6.45, 7) is 8.33. The van der Waals surface area contributed by atoms with Crippen molar-refractivity contribution in [2.45, 2.75) is 45.1 Å². The van der Waals surface area contributed by atoms with Crippen molar-refractivity contribution in [2.75, 3.05) is 46.8 Å². The third-order valence-electron chi connectivity index (χ3n) is 4.59. The van der Waals surface area contributed by atoms with Crippen molar-refractivity contribution >= 4 is 0 Å². The Hall–Kier alpha value is -0.120. The van der Waals surface area contributed by atoms with Gasteiger partial charge in [-0.15, -0.1) is 0 Å². The first-order valence-electron chi connectivity index (χ1n) is 8.31. The van der Waals surface area contributed by atoms with E-state index in [1.807, 2.05) is 0 Å². The Balaban J connectivity index is 1.56. The molecule has 0 heterocycles. The molecule has 3 nitrogen and oxygen atoms in total. The summed E-state index contributed by atoms with van der Waals surface area (Å²) in [6.07, 6.45) is 7.21. The second-order valence-corrected chi connectivity index (χ2v) is 6.75. The highest BCUT2D eigenvalue weighted by Gasteiger charge is 2.40. The van der Waals surface area contributed by atoms with Gasteiger partial charge in [-0.05, 0) is 77.7 Å². The number of rotatable bonds is 11. The minimum Gasteiger partial charge on any atom is -0.312 e. The van der Waals surface area contributed by atoms with E-state index < -0.39 is 0 Å². The van der Waals surface area contributed by atoms with Gasteiger partial charge in [-0.25, -0.2) is 0 Å². The highest BCUT2D eigenvalue weighted by molar-refractivity contribution is 4.96. The van der Waals surface area contributed by atoms with Crippen LogP contribution in [0.2, 0.25) is 0 Å². The molecule has 0 spiro atoms. The number of hydrogen-bond donors (Lipinski definition) is 1. The maximum atomic E-state index is 3.86. The smallest absolute Gasteiger partial charge is 0.0124 e. The van der Waals surface area contributed by atoms with E-state index in [-0.39, 0.29) is 0 Å². The first kappa shape index (κ1) is 15.3. The number of nitrogens with zero attached hydrogens (tertiary/aromatic N) is 2.